The van der Waals surface area contributed by atoms with Crippen molar-refractivity contribution in [1.82, 2.24) is 5.32 Å². The Morgan fingerprint density at radius 2 is 2.14 bits per heavy atom. The first kappa shape index (κ1) is 16.4. The molecule has 21 heavy (non-hydrogen) atoms. The summed E-state index contributed by atoms with van der Waals surface area (Å²) in [6.45, 7) is 2.24. The van der Waals surface area contributed by atoms with E-state index in [-0.39, 0.29) is 5.37 Å². The maximum absolute atomic E-state index is 11.0. The molecule has 0 unspecified atom stereocenters. The third kappa shape index (κ3) is 5.04. The zero-order valence-electron chi connectivity index (χ0n) is 12.7. The number of carboxylic acid groups (broad SMARTS) is 1. The van der Waals surface area contributed by atoms with Gasteiger partial charge in [-0.25, -0.2) is 0 Å². The summed E-state index contributed by atoms with van der Waals surface area (Å²) in [5.41, 5.74) is 2.57. The van der Waals surface area contributed by atoms with Crippen molar-refractivity contribution in [2.24, 2.45) is 0 Å². The predicted molar refractivity (Wildman–Crippen MR) is 88.7 cm³/mol. The van der Waals surface area contributed by atoms with Gasteiger partial charge in [0.25, 0.3) is 0 Å². The zero-order chi connectivity index (χ0) is 15.1. The van der Waals surface area contributed by atoms with Gasteiger partial charge in [0, 0.05) is 5.75 Å². The minimum absolute atomic E-state index is 0.117. The fourth-order valence-electron chi connectivity index (χ4n) is 2.65. The van der Waals surface area contributed by atoms with Crippen molar-refractivity contribution in [3.05, 3.63) is 35.4 Å². The maximum atomic E-state index is 11.0. The van der Waals surface area contributed by atoms with Crippen molar-refractivity contribution in [3.8, 4) is 0 Å². The fourth-order valence-corrected chi connectivity index (χ4v) is 3.87. The summed E-state index contributed by atoms with van der Waals surface area (Å²) in [6.07, 6.45) is 7.61. The van der Waals surface area contributed by atoms with Crippen molar-refractivity contribution in [2.75, 3.05) is 5.75 Å². The van der Waals surface area contributed by atoms with Gasteiger partial charge in [-0.05, 0) is 24.0 Å². The Hall–Kier alpha value is -1.00. The Labute approximate surface area is 131 Å². The molecular formula is C17H25NO2S. The molecule has 1 aromatic rings. The summed E-state index contributed by atoms with van der Waals surface area (Å²) in [6, 6.07) is 8.17. The highest BCUT2D eigenvalue weighted by atomic mass is 32.2. The molecule has 1 saturated heterocycles. The van der Waals surface area contributed by atoms with Crippen LogP contribution >= 0.6 is 11.8 Å². The second-order valence-corrected chi connectivity index (χ2v) is 6.82. The van der Waals surface area contributed by atoms with Gasteiger partial charge in [0.1, 0.15) is 6.04 Å². The standard InChI is InChI=1S/C17H25NO2S/c1-2-3-4-5-6-8-13-9-7-10-14(11-13)16-18-15(12-21-16)17(19)20/h7,9-11,15-16,18H,2-6,8,12H2,1H3,(H,19,20)/t15-,16-/m0/s1. The highest BCUT2D eigenvalue weighted by Gasteiger charge is 2.30. The van der Waals surface area contributed by atoms with E-state index in [9.17, 15) is 4.79 Å². The highest BCUT2D eigenvalue weighted by molar-refractivity contribution is 7.99. The van der Waals surface area contributed by atoms with Crippen LogP contribution in [0, 0.1) is 0 Å². The van der Waals surface area contributed by atoms with Gasteiger partial charge in [0.15, 0.2) is 0 Å². The molecule has 1 aromatic carbocycles. The van der Waals surface area contributed by atoms with Crippen LogP contribution in [0.25, 0.3) is 0 Å². The van der Waals surface area contributed by atoms with Gasteiger partial charge in [-0.15, -0.1) is 11.8 Å². The largest absolute Gasteiger partial charge is 0.480 e. The normalized spacial score (nSPS) is 21.6. The van der Waals surface area contributed by atoms with Gasteiger partial charge >= 0.3 is 5.97 Å². The number of aryl methyl sites for hydroxylation is 1. The van der Waals surface area contributed by atoms with E-state index < -0.39 is 12.0 Å². The smallest absolute Gasteiger partial charge is 0.321 e. The summed E-state index contributed by atoms with van der Waals surface area (Å²) in [5, 5.41) is 12.3. The average molecular weight is 307 g/mol. The summed E-state index contributed by atoms with van der Waals surface area (Å²) < 4.78 is 0. The molecule has 0 amide bonds. The van der Waals surface area contributed by atoms with Crippen LogP contribution in [0.1, 0.15) is 55.5 Å². The molecule has 3 nitrogen and oxygen atoms in total. The molecular weight excluding hydrogens is 282 g/mol. The third-order valence-electron chi connectivity index (χ3n) is 3.90. The summed E-state index contributed by atoms with van der Waals surface area (Å²) >= 11 is 1.68. The SMILES string of the molecule is CCCCCCCc1cccc([C@H]2N[C@H](C(=O)O)CS2)c1. The number of aliphatic carboxylic acids is 1. The number of hydrogen-bond acceptors (Lipinski definition) is 3. The molecule has 2 atom stereocenters. The van der Waals surface area contributed by atoms with E-state index in [1.807, 2.05) is 0 Å². The van der Waals surface area contributed by atoms with E-state index >= 15 is 0 Å². The minimum Gasteiger partial charge on any atom is -0.480 e. The number of rotatable bonds is 8. The molecule has 2 N–H and O–H groups in total. The Kier molecular flexibility index (Phi) is 6.58. The van der Waals surface area contributed by atoms with E-state index in [0.717, 1.165) is 6.42 Å². The Morgan fingerprint density at radius 3 is 2.86 bits per heavy atom. The number of carbonyl (C=O) groups is 1. The summed E-state index contributed by atoms with van der Waals surface area (Å²) in [4.78, 5) is 11.0. The predicted octanol–water partition coefficient (Wildman–Crippen LogP) is 3.99. The number of benzene rings is 1. The van der Waals surface area contributed by atoms with Crippen LogP contribution in [0.15, 0.2) is 24.3 Å². The molecule has 0 radical (unpaired) electrons. The minimum atomic E-state index is -0.753. The molecule has 1 aliphatic heterocycles. The van der Waals surface area contributed by atoms with Crippen LogP contribution in [-0.2, 0) is 11.2 Å². The Balaban J connectivity index is 1.85. The van der Waals surface area contributed by atoms with Crippen LogP contribution in [-0.4, -0.2) is 22.9 Å². The topological polar surface area (TPSA) is 49.3 Å². The van der Waals surface area contributed by atoms with E-state index in [1.54, 1.807) is 11.8 Å². The van der Waals surface area contributed by atoms with Crippen molar-refractivity contribution < 1.29 is 9.90 Å². The first-order valence-corrected chi connectivity index (χ1v) is 8.95. The monoisotopic (exact) mass is 307 g/mol. The molecule has 1 heterocycles. The molecule has 0 saturated carbocycles. The van der Waals surface area contributed by atoms with Gasteiger partial charge in [-0.2, -0.15) is 0 Å². The molecule has 0 spiro atoms. The lowest BCUT2D eigenvalue weighted by molar-refractivity contribution is -0.138. The number of nitrogens with one attached hydrogen (secondary N) is 1. The van der Waals surface area contributed by atoms with Gasteiger partial charge in [-0.1, -0.05) is 56.9 Å². The van der Waals surface area contributed by atoms with Crippen molar-refractivity contribution >= 4 is 17.7 Å². The molecule has 0 aromatic heterocycles. The van der Waals surface area contributed by atoms with Crippen LogP contribution < -0.4 is 5.32 Å². The second kappa shape index (κ2) is 8.44. The van der Waals surface area contributed by atoms with E-state index in [0.29, 0.717) is 5.75 Å². The molecule has 2 rings (SSSR count). The van der Waals surface area contributed by atoms with Crippen molar-refractivity contribution in [1.29, 1.82) is 0 Å². The van der Waals surface area contributed by atoms with Crippen LogP contribution in [0.2, 0.25) is 0 Å². The molecule has 4 heteroatoms. The fraction of sp³-hybridized carbons (Fsp3) is 0.588. The van der Waals surface area contributed by atoms with E-state index in [2.05, 4.69) is 36.5 Å². The zero-order valence-corrected chi connectivity index (χ0v) is 13.5. The molecule has 1 fully saturated rings. The lowest BCUT2D eigenvalue weighted by Crippen LogP contribution is -2.33. The van der Waals surface area contributed by atoms with Gasteiger partial charge in [-0.3, -0.25) is 10.1 Å². The summed E-state index contributed by atoms with van der Waals surface area (Å²) in [7, 11) is 0. The number of carboxylic acids is 1. The molecule has 116 valence electrons. The maximum Gasteiger partial charge on any atom is 0.321 e. The van der Waals surface area contributed by atoms with Crippen molar-refractivity contribution in [3.63, 3.8) is 0 Å². The quantitative estimate of drug-likeness (QED) is 0.713. The third-order valence-corrected chi connectivity index (χ3v) is 5.17. The number of hydrogen-bond donors (Lipinski definition) is 2. The van der Waals surface area contributed by atoms with Crippen molar-refractivity contribution in [2.45, 2.75) is 56.9 Å². The first-order chi connectivity index (χ1) is 10.2. The Bertz CT molecular complexity index is 464. The van der Waals surface area contributed by atoms with E-state index in [1.165, 1.54) is 43.2 Å². The van der Waals surface area contributed by atoms with E-state index in [4.69, 9.17) is 5.11 Å². The van der Waals surface area contributed by atoms with Gasteiger partial charge in [0.2, 0.25) is 0 Å². The van der Waals surface area contributed by atoms with Crippen LogP contribution in [0.5, 0.6) is 0 Å². The lowest BCUT2D eigenvalue weighted by atomic mass is 10.0. The average Bonchev–Trinajstić information content (AvgIpc) is 2.97. The number of thioether (sulfide) groups is 1. The molecule has 0 bridgehead atoms. The van der Waals surface area contributed by atoms with Crippen LogP contribution in [0.3, 0.4) is 0 Å². The van der Waals surface area contributed by atoms with Gasteiger partial charge in [0.05, 0.1) is 5.37 Å². The molecule has 1 aliphatic rings. The first-order valence-electron chi connectivity index (χ1n) is 7.90. The lowest BCUT2D eigenvalue weighted by Gasteiger charge is -2.12. The second-order valence-electron chi connectivity index (χ2n) is 5.68. The van der Waals surface area contributed by atoms with Gasteiger partial charge < -0.3 is 5.11 Å². The summed E-state index contributed by atoms with van der Waals surface area (Å²) in [5.74, 6) is -0.113. The molecule has 0 aliphatic carbocycles. The highest BCUT2D eigenvalue weighted by Crippen LogP contribution is 2.33. The Morgan fingerprint density at radius 1 is 1.33 bits per heavy atom. The van der Waals surface area contributed by atoms with Crippen LogP contribution in [0.4, 0.5) is 0 Å². The number of unbranched alkanes of at least 4 members (excludes halogenated alkanes) is 4.